The summed E-state index contributed by atoms with van der Waals surface area (Å²) < 4.78 is 5.06. The lowest BCUT2D eigenvalue weighted by Gasteiger charge is -2.26. The molecule has 156 valence electrons. The molecule has 1 atom stereocenters. The number of benzene rings is 1. The first-order valence-corrected chi connectivity index (χ1v) is 9.37. The predicted octanol–water partition coefficient (Wildman–Crippen LogP) is 3.08. The third-order valence-electron chi connectivity index (χ3n) is 4.31. The first-order valence-electron chi connectivity index (χ1n) is 9.37. The Bertz CT molecular complexity index is 814. The van der Waals surface area contributed by atoms with Crippen LogP contribution in [0.5, 0.6) is 0 Å². The molecular formula is C21H26N2O6. The summed E-state index contributed by atoms with van der Waals surface area (Å²) in [6, 6.07) is 7.46. The molecule has 29 heavy (non-hydrogen) atoms. The molecule has 1 aromatic carbocycles. The van der Waals surface area contributed by atoms with E-state index in [2.05, 4.69) is 5.32 Å². The highest BCUT2D eigenvalue weighted by molar-refractivity contribution is 5.83. The number of aliphatic carboxylic acids is 2. The molecule has 0 aliphatic rings. The van der Waals surface area contributed by atoms with E-state index < -0.39 is 24.0 Å². The molecule has 8 nitrogen and oxygen atoms in total. The maximum absolute atomic E-state index is 12.6. The van der Waals surface area contributed by atoms with E-state index in [1.54, 1.807) is 24.7 Å². The van der Waals surface area contributed by atoms with Gasteiger partial charge in [0.05, 0.1) is 18.9 Å². The molecule has 2 aromatic rings. The highest BCUT2D eigenvalue weighted by Gasteiger charge is 2.24. The number of hydrogen-bond donors (Lipinski definition) is 3. The van der Waals surface area contributed by atoms with Gasteiger partial charge < -0.3 is 24.8 Å². The summed E-state index contributed by atoms with van der Waals surface area (Å²) in [6.07, 6.45) is 3.11. The van der Waals surface area contributed by atoms with E-state index >= 15 is 0 Å². The molecule has 0 spiro atoms. The van der Waals surface area contributed by atoms with Gasteiger partial charge in [-0.05, 0) is 23.1 Å². The summed E-state index contributed by atoms with van der Waals surface area (Å²) in [5.74, 6) is -2.05. The summed E-state index contributed by atoms with van der Waals surface area (Å²) >= 11 is 0. The van der Waals surface area contributed by atoms with E-state index in [0.717, 1.165) is 16.7 Å². The average Bonchev–Trinajstić information content (AvgIpc) is 3.19. The van der Waals surface area contributed by atoms with Crippen LogP contribution in [0.1, 0.15) is 25.8 Å². The molecule has 0 saturated heterocycles. The zero-order valence-electron chi connectivity index (χ0n) is 16.5. The predicted molar refractivity (Wildman–Crippen MR) is 106 cm³/mol. The quantitative estimate of drug-likeness (QED) is 0.562. The van der Waals surface area contributed by atoms with Crippen LogP contribution >= 0.6 is 0 Å². The second-order valence-electron chi connectivity index (χ2n) is 7.24. The van der Waals surface area contributed by atoms with Crippen LogP contribution in [-0.2, 0) is 16.0 Å². The number of carbonyl (C=O) groups excluding carboxylic acids is 1. The van der Waals surface area contributed by atoms with E-state index in [4.69, 9.17) is 9.52 Å². The van der Waals surface area contributed by atoms with E-state index in [0.29, 0.717) is 6.54 Å². The monoisotopic (exact) mass is 402 g/mol. The molecule has 0 saturated carbocycles. The Balaban J connectivity index is 2.04. The Morgan fingerprint density at radius 3 is 2.28 bits per heavy atom. The van der Waals surface area contributed by atoms with Crippen molar-refractivity contribution in [3.63, 3.8) is 0 Å². The Morgan fingerprint density at radius 1 is 1.07 bits per heavy atom. The van der Waals surface area contributed by atoms with Crippen LogP contribution in [0.3, 0.4) is 0 Å². The number of carboxylic acid groups (broad SMARTS) is 2. The van der Waals surface area contributed by atoms with E-state index in [9.17, 15) is 19.5 Å². The van der Waals surface area contributed by atoms with Crippen LogP contribution < -0.4 is 5.32 Å². The second kappa shape index (κ2) is 10.3. The van der Waals surface area contributed by atoms with E-state index in [-0.39, 0.29) is 25.3 Å². The minimum atomic E-state index is -1.15. The maximum atomic E-state index is 12.6. The molecule has 0 bridgehead atoms. The molecule has 1 unspecified atom stereocenters. The van der Waals surface area contributed by atoms with Crippen molar-refractivity contribution in [1.82, 2.24) is 10.2 Å². The number of carbonyl (C=O) groups is 3. The van der Waals surface area contributed by atoms with Gasteiger partial charge in [0.1, 0.15) is 6.04 Å². The van der Waals surface area contributed by atoms with Crippen LogP contribution in [-0.4, -0.2) is 52.2 Å². The minimum absolute atomic E-state index is 0.0189. The third-order valence-corrected chi connectivity index (χ3v) is 4.31. The van der Waals surface area contributed by atoms with Crippen LogP contribution in [0, 0.1) is 5.92 Å². The average molecular weight is 402 g/mol. The molecule has 2 amide bonds. The molecule has 3 N–H and O–H groups in total. The SMILES string of the molecule is CC(C)CN(CCC(=O)O)C(=O)NC(Cc1ccc(-c2ccoc2)cc1)C(=O)O. The number of hydrogen-bond acceptors (Lipinski definition) is 4. The zero-order chi connectivity index (χ0) is 21.4. The van der Waals surface area contributed by atoms with Crippen molar-refractivity contribution in [3.05, 3.63) is 48.4 Å². The Labute approximate surface area is 169 Å². The second-order valence-corrected chi connectivity index (χ2v) is 7.24. The summed E-state index contributed by atoms with van der Waals surface area (Å²) in [5.41, 5.74) is 2.61. The Kier molecular flexibility index (Phi) is 7.82. The van der Waals surface area contributed by atoms with Crippen LogP contribution in [0.25, 0.3) is 11.1 Å². The smallest absolute Gasteiger partial charge is 0.326 e. The van der Waals surface area contributed by atoms with Crippen LogP contribution in [0.4, 0.5) is 4.79 Å². The summed E-state index contributed by atoms with van der Waals surface area (Å²) in [4.78, 5) is 36.4. The lowest BCUT2D eigenvalue weighted by Crippen LogP contribution is -2.50. The van der Waals surface area contributed by atoms with E-state index in [1.807, 2.05) is 32.0 Å². The highest BCUT2D eigenvalue weighted by atomic mass is 16.4. The summed E-state index contributed by atoms with van der Waals surface area (Å²) in [6.45, 7) is 4.16. The van der Waals surface area contributed by atoms with Gasteiger partial charge in [0.15, 0.2) is 0 Å². The number of urea groups is 1. The molecule has 2 rings (SSSR count). The van der Waals surface area contributed by atoms with Gasteiger partial charge in [0.2, 0.25) is 0 Å². The molecule has 0 aliphatic heterocycles. The van der Waals surface area contributed by atoms with Gasteiger partial charge in [-0.1, -0.05) is 38.1 Å². The number of nitrogens with one attached hydrogen (secondary N) is 1. The highest BCUT2D eigenvalue weighted by Crippen LogP contribution is 2.20. The topological polar surface area (TPSA) is 120 Å². The Morgan fingerprint density at radius 2 is 1.76 bits per heavy atom. The lowest BCUT2D eigenvalue weighted by atomic mass is 10.0. The van der Waals surface area contributed by atoms with Gasteiger partial charge in [0.25, 0.3) is 0 Å². The van der Waals surface area contributed by atoms with Crippen LogP contribution in [0.15, 0.2) is 47.3 Å². The minimum Gasteiger partial charge on any atom is -0.481 e. The van der Waals surface area contributed by atoms with Crippen molar-refractivity contribution in [2.45, 2.75) is 32.7 Å². The van der Waals surface area contributed by atoms with Crippen LogP contribution in [0.2, 0.25) is 0 Å². The van der Waals surface area contributed by atoms with Gasteiger partial charge in [-0.3, -0.25) is 4.79 Å². The maximum Gasteiger partial charge on any atom is 0.326 e. The fourth-order valence-corrected chi connectivity index (χ4v) is 2.89. The molecule has 0 fully saturated rings. The number of carboxylic acids is 2. The molecule has 1 aromatic heterocycles. The standard InChI is InChI=1S/C21H26N2O6/c1-14(2)12-23(9-7-19(24)25)21(28)22-18(20(26)27)11-15-3-5-16(6-4-15)17-8-10-29-13-17/h3-6,8,10,13-14,18H,7,9,11-12H2,1-2H3,(H,22,28)(H,24,25)(H,26,27). The van der Waals surface area contributed by atoms with Crippen molar-refractivity contribution in [3.8, 4) is 11.1 Å². The van der Waals surface area contributed by atoms with Crippen molar-refractivity contribution in [2.24, 2.45) is 5.92 Å². The van der Waals surface area contributed by atoms with Crippen molar-refractivity contribution >= 4 is 18.0 Å². The third kappa shape index (κ3) is 6.99. The number of amides is 2. The van der Waals surface area contributed by atoms with Crippen molar-refractivity contribution in [1.29, 1.82) is 0 Å². The normalized spacial score (nSPS) is 11.8. The van der Waals surface area contributed by atoms with Gasteiger partial charge in [-0.15, -0.1) is 0 Å². The molecule has 0 radical (unpaired) electrons. The molecule has 0 aliphatic carbocycles. The summed E-state index contributed by atoms with van der Waals surface area (Å²) in [5, 5.41) is 20.9. The zero-order valence-corrected chi connectivity index (χ0v) is 16.5. The Hall–Kier alpha value is -3.29. The molecule has 8 heteroatoms. The first-order chi connectivity index (χ1) is 13.8. The van der Waals surface area contributed by atoms with E-state index in [1.165, 1.54) is 4.90 Å². The summed E-state index contributed by atoms with van der Waals surface area (Å²) in [7, 11) is 0. The van der Waals surface area contributed by atoms with Gasteiger partial charge in [-0.2, -0.15) is 0 Å². The molecule has 1 heterocycles. The van der Waals surface area contributed by atoms with Gasteiger partial charge in [-0.25, -0.2) is 9.59 Å². The number of rotatable bonds is 10. The lowest BCUT2D eigenvalue weighted by molar-refractivity contribution is -0.139. The molecular weight excluding hydrogens is 376 g/mol. The fraction of sp³-hybridized carbons (Fsp3) is 0.381. The van der Waals surface area contributed by atoms with Gasteiger partial charge in [0, 0.05) is 25.1 Å². The number of nitrogens with zero attached hydrogens (tertiary/aromatic N) is 1. The largest absolute Gasteiger partial charge is 0.481 e. The first kappa shape index (κ1) is 22.0. The van der Waals surface area contributed by atoms with Gasteiger partial charge >= 0.3 is 18.0 Å². The number of furan rings is 1. The fourth-order valence-electron chi connectivity index (χ4n) is 2.89. The van der Waals surface area contributed by atoms with Crippen molar-refractivity contribution in [2.75, 3.05) is 13.1 Å². The van der Waals surface area contributed by atoms with Crippen molar-refractivity contribution < 1.29 is 29.0 Å².